The molecule has 19 heavy (non-hydrogen) atoms. The fraction of sp³-hybridized carbons (Fsp3) is 0.267. The van der Waals surface area contributed by atoms with Crippen LogP contribution >= 0.6 is 0 Å². The molecule has 3 N–H and O–H groups in total. The van der Waals surface area contributed by atoms with Crippen LogP contribution in [-0.4, -0.2) is 5.91 Å². The van der Waals surface area contributed by atoms with Crippen LogP contribution in [0.5, 0.6) is 0 Å². The van der Waals surface area contributed by atoms with Crippen molar-refractivity contribution in [2.45, 2.75) is 26.3 Å². The Morgan fingerprint density at radius 1 is 1.21 bits per heavy atom. The summed E-state index contributed by atoms with van der Waals surface area (Å²) >= 11 is 0. The molecule has 1 amide bonds. The van der Waals surface area contributed by atoms with Crippen molar-refractivity contribution in [1.82, 2.24) is 5.32 Å². The second-order valence-electron chi connectivity index (χ2n) is 4.53. The van der Waals surface area contributed by atoms with Gasteiger partial charge in [-0.3, -0.25) is 4.79 Å². The molecule has 0 fully saturated rings. The molecular formula is C15H18N2O2. The zero-order chi connectivity index (χ0) is 13.7. The average molecular weight is 258 g/mol. The van der Waals surface area contributed by atoms with Crippen molar-refractivity contribution >= 4 is 11.6 Å². The van der Waals surface area contributed by atoms with E-state index in [1.54, 1.807) is 0 Å². The smallest absolute Gasteiger partial charge is 0.220 e. The minimum absolute atomic E-state index is 0.0193. The standard InChI is InChI=1S/C15H18N2O2/c1-11-2-8-14(19-11)10-17-15(18)9-5-12-3-6-13(16)7-4-12/h2-4,6-8H,5,9-10,16H2,1H3,(H,17,18). The number of nitrogen functional groups attached to an aromatic ring is 1. The maximum Gasteiger partial charge on any atom is 0.220 e. The largest absolute Gasteiger partial charge is 0.465 e. The minimum atomic E-state index is 0.0193. The molecule has 0 aliphatic heterocycles. The van der Waals surface area contributed by atoms with Gasteiger partial charge in [-0.2, -0.15) is 0 Å². The Labute approximate surface area is 112 Å². The molecule has 2 rings (SSSR count). The van der Waals surface area contributed by atoms with Crippen LogP contribution in [-0.2, 0) is 17.8 Å². The second-order valence-corrected chi connectivity index (χ2v) is 4.53. The molecule has 0 aliphatic rings. The van der Waals surface area contributed by atoms with E-state index in [0.717, 1.165) is 22.8 Å². The van der Waals surface area contributed by atoms with Gasteiger partial charge in [0.15, 0.2) is 0 Å². The van der Waals surface area contributed by atoms with Crippen LogP contribution in [0.1, 0.15) is 23.5 Å². The van der Waals surface area contributed by atoms with E-state index in [-0.39, 0.29) is 5.91 Å². The van der Waals surface area contributed by atoms with Crippen LogP contribution in [0.2, 0.25) is 0 Å². The summed E-state index contributed by atoms with van der Waals surface area (Å²) in [7, 11) is 0. The van der Waals surface area contributed by atoms with Crippen molar-refractivity contribution < 1.29 is 9.21 Å². The first-order valence-electron chi connectivity index (χ1n) is 6.30. The van der Waals surface area contributed by atoms with Gasteiger partial charge in [0.2, 0.25) is 5.91 Å². The van der Waals surface area contributed by atoms with Gasteiger partial charge in [0, 0.05) is 12.1 Å². The van der Waals surface area contributed by atoms with Crippen LogP contribution < -0.4 is 11.1 Å². The number of hydrogen-bond donors (Lipinski definition) is 2. The van der Waals surface area contributed by atoms with E-state index >= 15 is 0 Å². The van der Waals surface area contributed by atoms with E-state index < -0.39 is 0 Å². The second kappa shape index (κ2) is 6.09. The van der Waals surface area contributed by atoms with Gasteiger partial charge in [-0.25, -0.2) is 0 Å². The lowest BCUT2D eigenvalue weighted by Gasteiger charge is -2.04. The molecule has 0 aliphatic carbocycles. The first kappa shape index (κ1) is 13.2. The fourth-order valence-corrected chi connectivity index (χ4v) is 1.80. The van der Waals surface area contributed by atoms with Gasteiger partial charge in [0.05, 0.1) is 6.54 Å². The number of benzene rings is 1. The first-order valence-corrected chi connectivity index (χ1v) is 6.30. The number of amides is 1. The number of rotatable bonds is 5. The number of aryl methyl sites for hydroxylation is 2. The van der Waals surface area contributed by atoms with Crippen LogP contribution in [0.25, 0.3) is 0 Å². The first-order chi connectivity index (χ1) is 9.13. The van der Waals surface area contributed by atoms with E-state index in [1.807, 2.05) is 43.3 Å². The van der Waals surface area contributed by atoms with Gasteiger partial charge in [-0.15, -0.1) is 0 Å². The summed E-state index contributed by atoms with van der Waals surface area (Å²) in [5, 5.41) is 2.84. The summed E-state index contributed by atoms with van der Waals surface area (Å²) in [4.78, 5) is 11.7. The molecule has 0 radical (unpaired) electrons. The average Bonchev–Trinajstić information content (AvgIpc) is 2.81. The predicted molar refractivity (Wildman–Crippen MR) is 74.5 cm³/mol. The summed E-state index contributed by atoms with van der Waals surface area (Å²) in [6.45, 7) is 2.32. The van der Waals surface area contributed by atoms with Crippen molar-refractivity contribution in [1.29, 1.82) is 0 Å². The quantitative estimate of drug-likeness (QED) is 0.809. The minimum Gasteiger partial charge on any atom is -0.465 e. The monoisotopic (exact) mass is 258 g/mol. The third kappa shape index (κ3) is 4.17. The number of carbonyl (C=O) groups excluding carboxylic acids is 1. The molecule has 1 aromatic carbocycles. The molecule has 0 saturated heterocycles. The molecule has 4 nitrogen and oxygen atoms in total. The molecule has 1 heterocycles. The number of anilines is 1. The highest BCUT2D eigenvalue weighted by Gasteiger charge is 2.04. The summed E-state index contributed by atoms with van der Waals surface area (Å²) in [5.41, 5.74) is 7.45. The SMILES string of the molecule is Cc1ccc(CNC(=O)CCc2ccc(N)cc2)o1. The zero-order valence-electron chi connectivity index (χ0n) is 11.0. The Hall–Kier alpha value is -2.23. The molecule has 0 atom stereocenters. The van der Waals surface area contributed by atoms with E-state index in [2.05, 4.69) is 5.32 Å². The van der Waals surface area contributed by atoms with Gasteiger partial charge in [0.25, 0.3) is 0 Å². The highest BCUT2D eigenvalue weighted by atomic mass is 16.3. The third-order valence-corrected chi connectivity index (χ3v) is 2.88. The van der Waals surface area contributed by atoms with Gasteiger partial charge in [-0.1, -0.05) is 12.1 Å². The Morgan fingerprint density at radius 2 is 1.95 bits per heavy atom. The highest BCUT2D eigenvalue weighted by Crippen LogP contribution is 2.08. The van der Waals surface area contributed by atoms with E-state index in [9.17, 15) is 4.79 Å². The summed E-state index contributed by atoms with van der Waals surface area (Å²) in [5.74, 6) is 1.65. The summed E-state index contributed by atoms with van der Waals surface area (Å²) < 4.78 is 5.38. The van der Waals surface area contributed by atoms with Crippen molar-refractivity contribution in [3.63, 3.8) is 0 Å². The molecule has 0 bridgehead atoms. The van der Waals surface area contributed by atoms with Crippen LogP contribution in [0.4, 0.5) is 5.69 Å². The lowest BCUT2D eigenvalue weighted by atomic mass is 10.1. The highest BCUT2D eigenvalue weighted by molar-refractivity contribution is 5.76. The Balaban J connectivity index is 1.74. The van der Waals surface area contributed by atoms with E-state index in [0.29, 0.717) is 19.4 Å². The zero-order valence-corrected chi connectivity index (χ0v) is 11.0. The van der Waals surface area contributed by atoms with Crippen molar-refractivity contribution in [2.75, 3.05) is 5.73 Å². The van der Waals surface area contributed by atoms with E-state index in [4.69, 9.17) is 10.2 Å². The maximum absolute atomic E-state index is 11.7. The molecule has 0 unspecified atom stereocenters. The Bertz CT molecular complexity index is 544. The lowest BCUT2D eigenvalue weighted by Crippen LogP contribution is -2.22. The van der Waals surface area contributed by atoms with Crippen LogP contribution in [0.15, 0.2) is 40.8 Å². The lowest BCUT2D eigenvalue weighted by molar-refractivity contribution is -0.121. The molecule has 1 aromatic heterocycles. The number of carbonyl (C=O) groups is 1. The molecule has 0 saturated carbocycles. The molecule has 2 aromatic rings. The number of furan rings is 1. The van der Waals surface area contributed by atoms with Gasteiger partial charge in [-0.05, 0) is 43.2 Å². The predicted octanol–water partition coefficient (Wildman–Crippen LogP) is 2.42. The molecular weight excluding hydrogens is 240 g/mol. The van der Waals surface area contributed by atoms with Crippen molar-refractivity contribution in [3.8, 4) is 0 Å². The van der Waals surface area contributed by atoms with Gasteiger partial charge in [0.1, 0.15) is 11.5 Å². The third-order valence-electron chi connectivity index (χ3n) is 2.88. The number of nitrogens with two attached hydrogens (primary N) is 1. The van der Waals surface area contributed by atoms with Crippen molar-refractivity contribution in [3.05, 3.63) is 53.5 Å². The molecule has 0 spiro atoms. The molecule has 4 heteroatoms. The number of nitrogens with one attached hydrogen (secondary N) is 1. The van der Waals surface area contributed by atoms with Crippen molar-refractivity contribution in [2.24, 2.45) is 0 Å². The number of hydrogen-bond acceptors (Lipinski definition) is 3. The van der Waals surface area contributed by atoms with Gasteiger partial charge < -0.3 is 15.5 Å². The van der Waals surface area contributed by atoms with Gasteiger partial charge >= 0.3 is 0 Å². The molecule has 100 valence electrons. The van der Waals surface area contributed by atoms with E-state index in [1.165, 1.54) is 0 Å². The fourth-order valence-electron chi connectivity index (χ4n) is 1.80. The normalized spacial score (nSPS) is 10.4. The summed E-state index contributed by atoms with van der Waals surface area (Å²) in [6, 6.07) is 11.3. The Kier molecular flexibility index (Phi) is 4.23. The Morgan fingerprint density at radius 3 is 2.58 bits per heavy atom. The van der Waals surface area contributed by atoms with Crippen LogP contribution in [0, 0.1) is 6.92 Å². The topological polar surface area (TPSA) is 68.3 Å². The maximum atomic E-state index is 11.7. The summed E-state index contributed by atoms with van der Waals surface area (Å²) in [6.07, 6.45) is 1.17. The van der Waals surface area contributed by atoms with Crippen LogP contribution in [0.3, 0.4) is 0 Å².